The van der Waals surface area contributed by atoms with E-state index in [-0.39, 0.29) is 5.91 Å². The maximum atomic E-state index is 11.9. The van der Waals surface area contributed by atoms with Crippen LogP contribution in [-0.4, -0.2) is 11.1 Å². The largest absolute Gasteiger partial charge is 0.359 e. The molecule has 18 heavy (non-hydrogen) atoms. The topological polar surface area (TPSA) is 55.1 Å². The summed E-state index contributed by atoms with van der Waals surface area (Å²) in [6, 6.07) is 6.78. The number of amides is 1. The summed E-state index contributed by atoms with van der Waals surface area (Å²) in [4.78, 5) is 11.9. The van der Waals surface area contributed by atoms with Gasteiger partial charge in [-0.25, -0.2) is 0 Å². The number of benzene rings is 1. The Kier molecular flexibility index (Phi) is 4.04. The molecule has 0 aliphatic heterocycles. The first-order valence-electron chi connectivity index (χ1n) is 5.21. The number of hydrogen-bond donors (Lipinski definition) is 1. The van der Waals surface area contributed by atoms with Gasteiger partial charge in [0.2, 0.25) is 0 Å². The second-order valence-electron chi connectivity index (χ2n) is 3.74. The molecule has 4 nitrogen and oxygen atoms in total. The van der Waals surface area contributed by atoms with Crippen molar-refractivity contribution in [2.24, 2.45) is 0 Å². The monoisotopic (exact) mass is 328 g/mol. The van der Waals surface area contributed by atoms with Crippen molar-refractivity contribution in [3.63, 3.8) is 0 Å². The van der Waals surface area contributed by atoms with E-state index in [1.54, 1.807) is 24.3 Å². The van der Waals surface area contributed by atoms with E-state index >= 15 is 0 Å². The van der Waals surface area contributed by atoms with Gasteiger partial charge in [-0.05, 0) is 41.1 Å². The molecule has 0 fully saturated rings. The quantitative estimate of drug-likeness (QED) is 0.939. The third-order valence-electron chi connectivity index (χ3n) is 2.28. The van der Waals surface area contributed by atoms with Crippen molar-refractivity contribution in [2.45, 2.75) is 13.5 Å². The number of hydrogen-bond acceptors (Lipinski definition) is 3. The van der Waals surface area contributed by atoms with Gasteiger partial charge in [-0.1, -0.05) is 16.8 Å². The van der Waals surface area contributed by atoms with E-state index in [1.165, 1.54) is 0 Å². The molecule has 94 valence electrons. The third-order valence-corrected chi connectivity index (χ3v) is 3.17. The van der Waals surface area contributed by atoms with Gasteiger partial charge < -0.3 is 9.84 Å². The molecule has 0 bridgehead atoms. The molecule has 0 spiro atoms. The lowest BCUT2D eigenvalue weighted by atomic mass is 10.2. The first-order valence-corrected chi connectivity index (χ1v) is 6.39. The predicted octanol–water partition coefficient (Wildman–Crippen LogP) is 3.33. The van der Waals surface area contributed by atoms with Crippen LogP contribution in [0.5, 0.6) is 0 Å². The summed E-state index contributed by atoms with van der Waals surface area (Å²) in [6.45, 7) is 2.12. The van der Waals surface area contributed by atoms with Gasteiger partial charge in [-0.2, -0.15) is 0 Å². The highest BCUT2D eigenvalue weighted by Gasteiger charge is 2.11. The minimum absolute atomic E-state index is 0.201. The van der Waals surface area contributed by atoms with Crippen LogP contribution in [0.25, 0.3) is 0 Å². The van der Waals surface area contributed by atoms with Gasteiger partial charge in [0.25, 0.3) is 5.91 Å². The maximum absolute atomic E-state index is 11.9. The molecule has 6 heteroatoms. The van der Waals surface area contributed by atoms with Crippen LogP contribution >= 0.6 is 27.5 Å². The minimum atomic E-state index is -0.201. The standard InChI is InChI=1S/C12H10BrClN2O2/c1-7-4-9(18-16-7)6-15-12(17)10-3-2-8(14)5-11(10)13/h2-5H,6H2,1H3,(H,15,17). The fraction of sp³-hybridized carbons (Fsp3) is 0.167. The molecule has 0 aliphatic carbocycles. The zero-order valence-corrected chi connectivity index (χ0v) is 11.9. The molecule has 0 atom stereocenters. The second kappa shape index (κ2) is 5.54. The van der Waals surface area contributed by atoms with Crippen LogP contribution in [0.15, 0.2) is 33.3 Å². The molecule has 0 unspecified atom stereocenters. The number of carbonyl (C=O) groups excluding carboxylic acids is 1. The normalized spacial score (nSPS) is 10.4. The van der Waals surface area contributed by atoms with Gasteiger partial charge in [0, 0.05) is 15.6 Å². The van der Waals surface area contributed by atoms with Crippen molar-refractivity contribution in [3.8, 4) is 0 Å². The fourth-order valence-corrected chi connectivity index (χ4v) is 2.30. The molecule has 1 aromatic heterocycles. The average molecular weight is 330 g/mol. The minimum Gasteiger partial charge on any atom is -0.359 e. The fourth-order valence-electron chi connectivity index (χ4n) is 1.44. The van der Waals surface area contributed by atoms with Gasteiger partial charge >= 0.3 is 0 Å². The van der Waals surface area contributed by atoms with E-state index in [0.717, 1.165) is 5.69 Å². The van der Waals surface area contributed by atoms with Gasteiger partial charge in [0.1, 0.15) is 0 Å². The number of rotatable bonds is 3. The van der Waals surface area contributed by atoms with Crippen molar-refractivity contribution < 1.29 is 9.32 Å². The molecule has 2 aromatic rings. The average Bonchev–Trinajstić information content (AvgIpc) is 2.72. The van der Waals surface area contributed by atoms with E-state index in [2.05, 4.69) is 26.4 Å². The Labute approximate surface area is 117 Å². The maximum Gasteiger partial charge on any atom is 0.252 e. The third kappa shape index (κ3) is 3.11. The van der Waals surface area contributed by atoms with Crippen molar-refractivity contribution in [3.05, 3.63) is 50.8 Å². The number of aryl methyl sites for hydroxylation is 1. The zero-order valence-electron chi connectivity index (χ0n) is 9.54. The van der Waals surface area contributed by atoms with Crippen LogP contribution in [-0.2, 0) is 6.54 Å². The highest BCUT2D eigenvalue weighted by Crippen LogP contribution is 2.21. The Morgan fingerprint density at radius 3 is 2.89 bits per heavy atom. The van der Waals surface area contributed by atoms with Crippen molar-refractivity contribution in [1.29, 1.82) is 0 Å². The van der Waals surface area contributed by atoms with E-state index in [0.29, 0.717) is 27.4 Å². The SMILES string of the molecule is Cc1cc(CNC(=O)c2ccc(Cl)cc2Br)on1. The van der Waals surface area contributed by atoms with Gasteiger partial charge in [0.15, 0.2) is 5.76 Å². The van der Waals surface area contributed by atoms with Crippen molar-refractivity contribution in [2.75, 3.05) is 0 Å². The Balaban J connectivity index is 2.03. The summed E-state index contributed by atoms with van der Waals surface area (Å²) in [5.74, 6) is 0.415. The molecule has 1 amide bonds. The first kappa shape index (κ1) is 13.1. The van der Waals surface area contributed by atoms with Gasteiger partial charge in [0.05, 0.1) is 17.8 Å². The van der Waals surface area contributed by atoms with Crippen LogP contribution in [0, 0.1) is 6.92 Å². The number of nitrogens with one attached hydrogen (secondary N) is 1. The summed E-state index contributed by atoms with van der Waals surface area (Å²) < 4.78 is 5.66. The smallest absolute Gasteiger partial charge is 0.252 e. The highest BCUT2D eigenvalue weighted by atomic mass is 79.9. The zero-order chi connectivity index (χ0) is 13.1. The molecule has 1 aromatic carbocycles. The lowest BCUT2D eigenvalue weighted by Gasteiger charge is -2.05. The second-order valence-corrected chi connectivity index (χ2v) is 5.03. The Hall–Kier alpha value is -1.33. The van der Waals surface area contributed by atoms with E-state index < -0.39 is 0 Å². The summed E-state index contributed by atoms with van der Waals surface area (Å²) in [5.41, 5.74) is 1.31. The van der Waals surface area contributed by atoms with Crippen LogP contribution < -0.4 is 5.32 Å². The molecule has 0 saturated carbocycles. The van der Waals surface area contributed by atoms with Crippen LogP contribution in [0.4, 0.5) is 0 Å². The highest BCUT2D eigenvalue weighted by molar-refractivity contribution is 9.10. The molecular weight excluding hydrogens is 320 g/mol. The molecule has 1 N–H and O–H groups in total. The molecule has 0 aliphatic rings. The lowest BCUT2D eigenvalue weighted by molar-refractivity contribution is 0.0946. The van der Waals surface area contributed by atoms with Crippen LogP contribution in [0.1, 0.15) is 21.8 Å². The Morgan fingerprint density at radius 2 is 2.28 bits per heavy atom. The molecule has 0 radical (unpaired) electrons. The van der Waals surface area contributed by atoms with Crippen molar-refractivity contribution >= 4 is 33.4 Å². The molecule has 2 rings (SSSR count). The number of nitrogens with zero attached hydrogens (tertiary/aromatic N) is 1. The molecule has 0 saturated heterocycles. The number of halogens is 2. The Bertz CT molecular complexity index is 583. The van der Waals surface area contributed by atoms with Crippen LogP contribution in [0.2, 0.25) is 5.02 Å². The Morgan fingerprint density at radius 1 is 1.50 bits per heavy atom. The van der Waals surface area contributed by atoms with E-state index in [1.807, 2.05) is 6.92 Å². The molecular formula is C12H10BrClN2O2. The van der Waals surface area contributed by atoms with E-state index in [4.69, 9.17) is 16.1 Å². The number of carbonyl (C=O) groups is 1. The van der Waals surface area contributed by atoms with Crippen molar-refractivity contribution in [1.82, 2.24) is 10.5 Å². The predicted molar refractivity (Wildman–Crippen MR) is 71.6 cm³/mol. The summed E-state index contributed by atoms with van der Waals surface area (Å²) in [5, 5.41) is 7.06. The van der Waals surface area contributed by atoms with Gasteiger partial charge in [-0.3, -0.25) is 4.79 Å². The summed E-state index contributed by atoms with van der Waals surface area (Å²) in [6.07, 6.45) is 0. The van der Waals surface area contributed by atoms with Crippen LogP contribution in [0.3, 0.4) is 0 Å². The summed E-state index contributed by atoms with van der Waals surface area (Å²) in [7, 11) is 0. The first-order chi connectivity index (χ1) is 8.56. The molecule has 1 heterocycles. The lowest BCUT2D eigenvalue weighted by Crippen LogP contribution is -2.22. The number of aromatic nitrogens is 1. The van der Waals surface area contributed by atoms with E-state index in [9.17, 15) is 4.79 Å². The van der Waals surface area contributed by atoms with Gasteiger partial charge in [-0.15, -0.1) is 0 Å². The summed E-state index contributed by atoms with van der Waals surface area (Å²) >= 11 is 9.11.